The van der Waals surface area contributed by atoms with Crippen molar-refractivity contribution in [1.82, 2.24) is 0 Å². The number of carbonyl (C=O) groups is 2. The van der Waals surface area contributed by atoms with Crippen LogP contribution in [0.3, 0.4) is 0 Å². The molecule has 0 bridgehead atoms. The van der Waals surface area contributed by atoms with Crippen LogP contribution in [0.4, 0.5) is 0 Å². The van der Waals surface area contributed by atoms with Crippen LogP contribution in [-0.4, -0.2) is 31.1 Å². The first-order chi connectivity index (χ1) is 5.35. The van der Waals surface area contributed by atoms with E-state index in [4.69, 9.17) is 0 Å². The van der Waals surface area contributed by atoms with Crippen LogP contribution in [0.2, 0.25) is 0 Å². The van der Waals surface area contributed by atoms with E-state index in [9.17, 15) is 9.59 Å². The summed E-state index contributed by atoms with van der Waals surface area (Å²) in [5, 5.41) is 0. The summed E-state index contributed by atoms with van der Waals surface area (Å²) in [5.41, 5.74) is 0. The van der Waals surface area contributed by atoms with Crippen molar-refractivity contribution in [1.29, 1.82) is 0 Å². The van der Waals surface area contributed by atoms with E-state index in [0.29, 0.717) is 12.3 Å². The molecule has 0 atom stereocenters. The van der Waals surface area contributed by atoms with E-state index < -0.39 is 0 Å². The smallest absolute Gasteiger partial charge is 0.124 e. The van der Waals surface area contributed by atoms with Crippen molar-refractivity contribution in [3.63, 3.8) is 0 Å². The summed E-state index contributed by atoms with van der Waals surface area (Å²) in [4.78, 5) is 20.3. The minimum Gasteiger partial charge on any atom is -0.303 e. The summed E-state index contributed by atoms with van der Waals surface area (Å²) < 4.78 is 0. The number of hydrogen-bond acceptors (Lipinski definition) is 2. The van der Waals surface area contributed by atoms with Gasteiger partial charge in [-0.05, 0) is 12.6 Å². The van der Waals surface area contributed by atoms with Crippen molar-refractivity contribution in [3.8, 4) is 0 Å². The minimum atomic E-state index is -0.303. The molecule has 0 unspecified atom stereocenters. The molecule has 0 heterocycles. The quantitative estimate of drug-likeness (QED) is 0.434. The van der Waals surface area contributed by atoms with Gasteiger partial charge in [-0.15, -0.1) is 0 Å². The lowest BCUT2D eigenvalue weighted by Gasteiger charge is -2.09. The fourth-order valence-corrected chi connectivity index (χ4v) is 2.55. The van der Waals surface area contributed by atoms with E-state index in [1.165, 1.54) is 0 Å². The molecule has 0 radical (unpaired) electrons. The van der Waals surface area contributed by atoms with Crippen LogP contribution in [0.15, 0.2) is 0 Å². The van der Waals surface area contributed by atoms with Crippen LogP contribution in [0, 0.1) is 0 Å². The second-order valence-electron chi connectivity index (χ2n) is 2.45. The summed E-state index contributed by atoms with van der Waals surface area (Å²) in [6.45, 7) is 2.12. The Balaban J connectivity index is 3.49. The van der Waals surface area contributed by atoms with E-state index in [0.717, 1.165) is 31.6 Å². The van der Waals surface area contributed by atoms with Crippen LogP contribution in [0.25, 0.3) is 0 Å². The molecular formula is C8H15O2P. The molecule has 64 valence electrons. The zero-order valence-corrected chi connectivity index (χ0v) is 7.85. The summed E-state index contributed by atoms with van der Waals surface area (Å²) >= 11 is 0. The SMILES string of the molecule is CCCCP(CC=O)CC=O. The first-order valence-electron chi connectivity index (χ1n) is 3.94. The van der Waals surface area contributed by atoms with Crippen molar-refractivity contribution in [2.24, 2.45) is 0 Å². The molecule has 0 saturated heterocycles. The molecule has 0 aliphatic heterocycles. The third kappa shape index (κ3) is 6.18. The fourth-order valence-electron chi connectivity index (χ4n) is 0.850. The first-order valence-corrected chi connectivity index (χ1v) is 5.84. The number of hydrogen-bond donors (Lipinski definition) is 0. The molecular weight excluding hydrogens is 159 g/mol. The Bertz CT molecular complexity index is 105. The highest BCUT2D eigenvalue weighted by atomic mass is 31.1. The normalized spacial score (nSPS) is 10.0. The van der Waals surface area contributed by atoms with Crippen LogP contribution in [0.1, 0.15) is 19.8 Å². The summed E-state index contributed by atoms with van der Waals surface area (Å²) in [6.07, 6.45) is 6.45. The predicted molar refractivity (Wildman–Crippen MR) is 48.6 cm³/mol. The number of unbranched alkanes of at least 4 members (excludes halogenated alkanes) is 1. The lowest BCUT2D eigenvalue weighted by atomic mass is 10.4. The van der Waals surface area contributed by atoms with Crippen LogP contribution >= 0.6 is 7.92 Å². The van der Waals surface area contributed by atoms with Gasteiger partial charge in [-0.1, -0.05) is 21.3 Å². The highest BCUT2D eigenvalue weighted by Gasteiger charge is 2.04. The van der Waals surface area contributed by atoms with Gasteiger partial charge in [0.2, 0.25) is 0 Å². The van der Waals surface area contributed by atoms with Crippen molar-refractivity contribution in [2.45, 2.75) is 19.8 Å². The molecule has 0 fully saturated rings. The molecule has 11 heavy (non-hydrogen) atoms. The van der Waals surface area contributed by atoms with Gasteiger partial charge in [-0.25, -0.2) is 0 Å². The summed E-state index contributed by atoms with van der Waals surface area (Å²) in [5.74, 6) is 0. The standard InChI is InChI=1S/C8H15O2P/c1-2-3-6-11(7-4-9)8-5-10/h4-5H,2-3,6-8H2,1H3. The highest BCUT2D eigenvalue weighted by Crippen LogP contribution is 2.33. The molecule has 0 aromatic heterocycles. The molecule has 0 spiro atoms. The molecule has 2 nitrogen and oxygen atoms in total. The monoisotopic (exact) mass is 174 g/mol. The summed E-state index contributed by atoms with van der Waals surface area (Å²) in [7, 11) is -0.303. The molecule has 0 amide bonds. The minimum absolute atomic E-state index is 0.303. The Kier molecular flexibility index (Phi) is 7.71. The topological polar surface area (TPSA) is 34.1 Å². The predicted octanol–water partition coefficient (Wildman–Crippen LogP) is 1.67. The van der Waals surface area contributed by atoms with Crippen molar-refractivity contribution < 1.29 is 9.59 Å². The molecule has 0 aromatic rings. The second-order valence-corrected chi connectivity index (χ2v) is 4.97. The lowest BCUT2D eigenvalue weighted by Crippen LogP contribution is -1.96. The van der Waals surface area contributed by atoms with E-state index in [1.54, 1.807) is 0 Å². The Hall–Kier alpha value is -0.230. The van der Waals surface area contributed by atoms with Crippen LogP contribution < -0.4 is 0 Å². The zero-order chi connectivity index (χ0) is 8.53. The van der Waals surface area contributed by atoms with E-state index in [-0.39, 0.29) is 7.92 Å². The maximum absolute atomic E-state index is 10.2. The van der Waals surface area contributed by atoms with Crippen molar-refractivity contribution in [3.05, 3.63) is 0 Å². The molecule has 0 saturated carbocycles. The molecule has 3 heteroatoms. The zero-order valence-electron chi connectivity index (χ0n) is 6.95. The maximum atomic E-state index is 10.2. The summed E-state index contributed by atoms with van der Waals surface area (Å²) in [6, 6.07) is 0. The van der Waals surface area contributed by atoms with Crippen LogP contribution in [-0.2, 0) is 9.59 Å². The maximum Gasteiger partial charge on any atom is 0.124 e. The van der Waals surface area contributed by atoms with Crippen LogP contribution in [0.5, 0.6) is 0 Å². The first kappa shape index (κ1) is 10.8. The van der Waals surface area contributed by atoms with Gasteiger partial charge in [0.1, 0.15) is 12.6 Å². The van der Waals surface area contributed by atoms with Gasteiger partial charge in [0, 0.05) is 12.3 Å². The molecule has 0 aliphatic carbocycles. The number of rotatable bonds is 7. The molecule has 0 aromatic carbocycles. The second kappa shape index (κ2) is 7.87. The fraction of sp³-hybridized carbons (Fsp3) is 0.750. The van der Waals surface area contributed by atoms with Gasteiger partial charge >= 0.3 is 0 Å². The highest BCUT2D eigenvalue weighted by molar-refractivity contribution is 7.59. The Morgan fingerprint density at radius 3 is 2.09 bits per heavy atom. The largest absolute Gasteiger partial charge is 0.303 e. The Morgan fingerprint density at radius 1 is 1.18 bits per heavy atom. The Labute approximate surface area is 69.1 Å². The Morgan fingerprint density at radius 2 is 1.73 bits per heavy atom. The van der Waals surface area contributed by atoms with Gasteiger partial charge < -0.3 is 9.59 Å². The third-order valence-corrected chi connectivity index (χ3v) is 3.77. The van der Waals surface area contributed by atoms with Gasteiger partial charge in [0.05, 0.1) is 0 Å². The number of carbonyl (C=O) groups excluding carboxylic acids is 2. The van der Waals surface area contributed by atoms with Gasteiger partial charge in [-0.3, -0.25) is 0 Å². The molecule has 0 aliphatic rings. The van der Waals surface area contributed by atoms with Gasteiger partial charge in [-0.2, -0.15) is 0 Å². The van der Waals surface area contributed by atoms with Gasteiger partial charge in [0.25, 0.3) is 0 Å². The van der Waals surface area contributed by atoms with E-state index in [1.807, 2.05) is 0 Å². The van der Waals surface area contributed by atoms with E-state index >= 15 is 0 Å². The van der Waals surface area contributed by atoms with Crippen molar-refractivity contribution in [2.75, 3.05) is 18.5 Å². The van der Waals surface area contributed by atoms with E-state index in [2.05, 4.69) is 6.92 Å². The molecule has 0 rings (SSSR count). The average Bonchev–Trinajstić information content (AvgIpc) is 2.01. The lowest BCUT2D eigenvalue weighted by molar-refractivity contribution is -0.106. The number of aldehydes is 2. The average molecular weight is 174 g/mol. The van der Waals surface area contributed by atoms with Crippen molar-refractivity contribution >= 4 is 20.5 Å². The van der Waals surface area contributed by atoms with Gasteiger partial charge in [0.15, 0.2) is 0 Å². The molecule has 0 N–H and O–H groups in total. The third-order valence-electron chi connectivity index (χ3n) is 1.49.